The summed E-state index contributed by atoms with van der Waals surface area (Å²) in [6.45, 7) is 2.54. The molecule has 0 fully saturated rings. The Kier molecular flexibility index (Phi) is 4.11. The van der Waals surface area contributed by atoms with E-state index < -0.39 is 0 Å². The molecule has 1 aliphatic heterocycles. The van der Waals surface area contributed by atoms with Crippen molar-refractivity contribution in [2.75, 3.05) is 18.6 Å². The number of benzene rings is 2. The summed E-state index contributed by atoms with van der Waals surface area (Å²) in [5.74, 6) is 0.889. The molecular formula is C18H22N2O. The zero-order valence-electron chi connectivity index (χ0n) is 12.5. The molecule has 110 valence electrons. The third-order valence-corrected chi connectivity index (χ3v) is 4.21. The van der Waals surface area contributed by atoms with Crippen molar-refractivity contribution in [2.24, 2.45) is 5.73 Å². The standard InChI is InChI=1S/C18H22N2O/c1-21-17-9-8-15(12-19)18(11-17)20-10-4-7-14-5-2-3-6-16(14)13-20/h2-3,5-6,8-9,11H,4,7,10,12-13,19H2,1H3. The van der Waals surface area contributed by atoms with E-state index in [-0.39, 0.29) is 0 Å². The van der Waals surface area contributed by atoms with Gasteiger partial charge in [0.15, 0.2) is 0 Å². The lowest BCUT2D eigenvalue weighted by Crippen LogP contribution is -2.24. The molecule has 3 heteroatoms. The van der Waals surface area contributed by atoms with Crippen molar-refractivity contribution >= 4 is 5.69 Å². The van der Waals surface area contributed by atoms with Gasteiger partial charge in [-0.3, -0.25) is 0 Å². The average molecular weight is 282 g/mol. The van der Waals surface area contributed by atoms with Gasteiger partial charge in [0, 0.05) is 31.4 Å². The Balaban J connectivity index is 1.97. The Bertz CT molecular complexity index is 624. The predicted molar refractivity (Wildman–Crippen MR) is 86.7 cm³/mol. The summed E-state index contributed by atoms with van der Waals surface area (Å²) >= 11 is 0. The maximum absolute atomic E-state index is 5.92. The highest BCUT2D eigenvalue weighted by Crippen LogP contribution is 2.30. The highest BCUT2D eigenvalue weighted by atomic mass is 16.5. The van der Waals surface area contributed by atoms with Crippen LogP contribution in [0.5, 0.6) is 5.75 Å². The molecule has 0 atom stereocenters. The topological polar surface area (TPSA) is 38.5 Å². The summed E-state index contributed by atoms with van der Waals surface area (Å²) in [4.78, 5) is 2.43. The van der Waals surface area contributed by atoms with E-state index in [1.165, 1.54) is 22.4 Å². The maximum atomic E-state index is 5.92. The third kappa shape index (κ3) is 2.88. The highest BCUT2D eigenvalue weighted by Gasteiger charge is 2.17. The molecule has 0 aliphatic carbocycles. The number of methoxy groups -OCH3 is 1. The van der Waals surface area contributed by atoms with E-state index in [4.69, 9.17) is 10.5 Å². The Morgan fingerprint density at radius 1 is 1.14 bits per heavy atom. The van der Waals surface area contributed by atoms with Crippen LogP contribution in [-0.4, -0.2) is 13.7 Å². The van der Waals surface area contributed by atoms with Gasteiger partial charge in [0.25, 0.3) is 0 Å². The molecule has 0 amide bonds. The molecule has 1 heterocycles. The van der Waals surface area contributed by atoms with Crippen molar-refractivity contribution in [3.05, 3.63) is 59.2 Å². The number of nitrogens with two attached hydrogens (primary N) is 1. The number of hydrogen-bond acceptors (Lipinski definition) is 3. The zero-order chi connectivity index (χ0) is 14.7. The van der Waals surface area contributed by atoms with Crippen LogP contribution in [0.4, 0.5) is 5.69 Å². The van der Waals surface area contributed by atoms with Crippen molar-refractivity contribution in [1.82, 2.24) is 0 Å². The largest absolute Gasteiger partial charge is 0.497 e. The molecule has 0 bridgehead atoms. The summed E-state index contributed by atoms with van der Waals surface area (Å²) in [5, 5.41) is 0. The molecular weight excluding hydrogens is 260 g/mol. The van der Waals surface area contributed by atoms with Crippen LogP contribution in [0.3, 0.4) is 0 Å². The lowest BCUT2D eigenvalue weighted by Gasteiger charge is -2.26. The van der Waals surface area contributed by atoms with Crippen molar-refractivity contribution in [2.45, 2.75) is 25.9 Å². The molecule has 0 saturated heterocycles. The first-order chi connectivity index (χ1) is 10.3. The van der Waals surface area contributed by atoms with Gasteiger partial charge in [-0.15, -0.1) is 0 Å². The van der Waals surface area contributed by atoms with Crippen LogP contribution in [0.1, 0.15) is 23.1 Å². The van der Waals surface area contributed by atoms with E-state index in [0.29, 0.717) is 6.54 Å². The second kappa shape index (κ2) is 6.19. The lowest BCUT2D eigenvalue weighted by atomic mass is 10.0. The molecule has 0 saturated carbocycles. The van der Waals surface area contributed by atoms with Gasteiger partial charge >= 0.3 is 0 Å². The minimum absolute atomic E-state index is 0.553. The van der Waals surface area contributed by atoms with Crippen LogP contribution < -0.4 is 15.4 Å². The van der Waals surface area contributed by atoms with Gasteiger partial charge in [0.2, 0.25) is 0 Å². The number of hydrogen-bond donors (Lipinski definition) is 1. The molecule has 1 aliphatic rings. The molecule has 2 aromatic rings. The molecule has 2 aromatic carbocycles. The fourth-order valence-corrected chi connectivity index (χ4v) is 3.04. The summed E-state index contributed by atoms with van der Waals surface area (Å²) in [5.41, 5.74) is 11.2. The maximum Gasteiger partial charge on any atom is 0.120 e. The summed E-state index contributed by atoms with van der Waals surface area (Å²) < 4.78 is 5.38. The van der Waals surface area contributed by atoms with E-state index in [2.05, 4.69) is 41.3 Å². The van der Waals surface area contributed by atoms with Crippen molar-refractivity contribution < 1.29 is 4.74 Å². The molecule has 0 unspecified atom stereocenters. The van der Waals surface area contributed by atoms with Crippen LogP contribution >= 0.6 is 0 Å². The van der Waals surface area contributed by atoms with Crippen LogP contribution in [-0.2, 0) is 19.5 Å². The number of nitrogens with zero attached hydrogens (tertiary/aromatic N) is 1. The van der Waals surface area contributed by atoms with E-state index in [0.717, 1.165) is 31.7 Å². The Morgan fingerprint density at radius 3 is 2.71 bits per heavy atom. The lowest BCUT2D eigenvalue weighted by molar-refractivity contribution is 0.414. The third-order valence-electron chi connectivity index (χ3n) is 4.21. The molecule has 3 rings (SSSR count). The van der Waals surface area contributed by atoms with Gasteiger partial charge in [0.05, 0.1) is 7.11 Å². The summed E-state index contributed by atoms with van der Waals surface area (Å²) in [6, 6.07) is 14.9. The van der Waals surface area contributed by atoms with Gasteiger partial charge in [-0.2, -0.15) is 0 Å². The molecule has 0 aromatic heterocycles. The number of ether oxygens (including phenoxy) is 1. The van der Waals surface area contributed by atoms with Gasteiger partial charge in [-0.25, -0.2) is 0 Å². The molecule has 3 nitrogen and oxygen atoms in total. The SMILES string of the molecule is COc1ccc(CN)c(N2CCCc3ccccc3C2)c1. The van der Waals surface area contributed by atoms with Crippen molar-refractivity contribution in [3.63, 3.8) is 0 Å². The molecule has 21 heavy (non-hydrogen) atoms. The van der Waals surface area contributed by atoms with Gasteiger partial charge in [-0.05, 0) is 35.6 Å². The van der Waals surface area contributed by atoms with E-state index in [1.54, 1.807) is 7.11 Å². The fourth-order valence-electron chi connectivity index (χ4n) is 3.04. The summed E-state index contributed by atoms with van der Waals surface area (Å²) in [6.07, 6.45) is 2.31. The predicted octanol–water partition coefficient (Wildman–Crippen LogP) is 3.11. The Hall–Kier alpha value is -2.00. The van der Waals surface area contributed by atoms with Crippen LogP contribution in [0, 0.1) is 0 Å². The van der Waals surface area contributed by atoms with Gasteiger partial charge in [-0.1, -0.05) is 30.3 Å². The first-order valence-electron chi connectivity index (χ1n) is 7.50. The Morgan fingerprint density at radius 2 is 1.95 bits per heavy atom. The fraction of sp³-hybridized carbons (Fsp3) is 0.333. The summed E-state index contributed by atoms with van der Waals surface area (Å²) in [7, 11) is 1.71. The highest BCUT2D eigenvalue weighted by molar-refractivity contribution is 5.58. The quantitative estimate of drug-likeness (QED) is 0.940. The normalized spacial score (nSPS) is 14.5. The molecule has 2 N–H and O–H groups in total. The second-order valence-corrected chi connectivity index (χ2v) is 5.49. The number of fused-ring (bicyclic) bond motifs is 1. The minimum Gasteiger partial charge on any atom is -0.497 e. The van der Waals surface area contributed by atoms with Crippen molar-refractivity contribution in [3.8, 4) is 5.75 Å². The molecule has 0 radical (unpaired) electrons. The van der Waals surface area contributed by atoms with E-state index in [1.807, 2.05) is 6.07 Å². The monoisotopic (exact) mass is 282 g/mol. The number of aryl methyl sites for hydroxylation is 1. The molecule has 0 spiro atoms. The van der Waals surface area contributed by atoms with E-state index in [9.17, 15) is 0 Å². The zero-order valence-corrected chi connectivity index (χ0v) is 12.5. The van der Waals surface area contributed by atoms with Gasteiger partial charge in [0.1, 0.15) is 5.75 Å². The first kappa shape index (κ1) is 14.0. The first-order valence-corrected chi connectivity index (χ1v) is 7.50. The van der Waals surface area contributed by atoms with Gasteiger partial charge < -0.3 is 15.4 Å². The average Bonchev–Trinajstić information content (AvgIpc) is 2.76. The van der Waals surface area contributed by atoms with Crippen LogP contribution in [0.2, 0.25) is 0 Å². The minimum atomic E-state index is 0.553. The second-order valence-electron chi connectivity index (χ2n) is 5.49. The van der Waals surface area contributed by atoms with Crippen LogP contribution in [0.25, 0.3) is 0 Å². The Labute approximate surface area is 126 Å². The van der Waals surface area contributed by atoms with Crippen LogP contribution in [0.15, 0.2) is 42.5 Å². The van der Waals surface area contributed by atoms with E-state index >= 15 is 0 Å². The smallest absolute Gasteiger partial charge is 0.120 e. The number of rotatable bonds is 3. The number of anilines is 1. The van der Waals surface area contributed by atoms with Crippen molar-refractivity contribution in [1.29, 1.82) is 0 Å².